The molecule has 1 fully saturated rings. The van der Waals surface area contributed by atoms with E-state index in [0.29, 0.717) is 19.8 Å². The summed E-state index contributed by atoms with van der Waals surface area (Å²) in [5.41, 5.74) is 0.747. The van der Waals surface area contributed by atoms with Crippen LogP contribution in [-0.2, 0) is 16.1 Å². The van der Waals surface area contributed by atoms with E-state index in [1.54, 1.807) is 0 Å². The number of carbonyl (C=O) groups is 1. The molecule has 2 N–H and O–H groups in total. The van der Waals surface area contributed by atoms with Gasteiger partial charge in [0.15, 0.2) is 0 Å². The number of nitrogens with one attached hydrogen (secondary N) is 2. The van der Waals surface area contributed by atoms with Gasteiger partial charge in [0, 0.05) is 6.54 Å². The lowest BCUT2D eigenvalue weighted by molar-refractivity contribution is -0.128. The lowest BCUT2D eigenvalue weighted by Crippen LogP contribution is -2.57. The molecule has 1 heterocycles. The first kappa shape index (κ1) is 15.0. The van der Waals surface area contributed by atoms with Gasteiger partial charge in [-0.15, -0.1) is 0 Å². The molecule has 1 aliphatic heterocycles. The molecule has 0 aliphatic carbocycles. The molecule has 0 bridgehead atoms. The molecular formula is C16H24N2O2. The van der Waals surface area contributed by atoms with Crippen LogP contribution in [0.15, 0.2) is 30.3 Å². The largest absolute Gasteiger partial charge is 0.375 e. The highest BCUT2D eigenvalue weighted by molar-refractivity contribution is 5.85. The van der Waals surface area contributed by atoms with E-state index in [-0.39, 0.29) is 5.91 Å². The van der Waals surface area contributed by atoms with Crippen LogP contribution in [0.4, 0.5) is 0 Å². The van der Waals surface area contributed by atoms with Crippen molar-refractivity contribution in [2.45, 2.75) is 38.3 Å². The summed E-state index contributed by atoms with van der Waals surface area (Å²) in [5, 5.41) is 6.26. The Morgan fingerprint density at radius 3 is 2.85 bits per heavy atom. The molecule has 4 nitrogen and oxygen atoms in total. The maximum absolute atomic E-state index is 12.1. The second-order valence-electron chi connectivity index (χ2n) is 5.51. The van der Waals surface area contributed by atoms with Gasteiger partial charge in [-0.2, -0.15) is 0 Å². The van der Waals surface area contributed by atoms with Gasteiger partial charge in [-0.25, -0.2) is 0 Å². The van der Waals surface area contributed by atoms with E-state index in [9.17, 15) is 4.79 Å². The van der Waals surface area contributed by atoms with Gasteiger partial charge in [0.25, 0.3) is 0 Å². The summed E-state index contributed by atoms with van der Waals surface area (Å²) in [5.74, 6) is 0.0838. The van der Waals surface area contributed by atoms with Gasteiger partial charge in [-0.1, -0.05) is 30.3 Å². The number of carbonyl (C=O) groups excluding carboxylic acids is 1. The monoisotopic (exact) mass is 276 g/mol. The number of benzene rings is 1. The highest BCUT2D eigenvalue weighted by Gasteiger charge is 2.33. The van der Waals surface area contributed by atoms with Gasteiger partial charge in [-0.3, -0.25) is 4.79 Å². The zero-order valence-corrected chi connectivity index (χ0v) is 12.2. The highest BCUT2D eigenvalue weighted by Crippen LogP contribution is 2.18. The van der Waals surface area contributed by atoms with Crippen LogP contribution in [0.1, 0.15) is 31.7 Å². The van der Waals surface area contributed by atoms with Gasteiger partial charge < -0.3 is 15.4 Å². The van der Waals surface area contributed by atoms with E-state index in [4.69, 9.17) is 4.74 Å². The minimum absolute atomic E-state index is 0.0838. The smallest absolute Gasteiger partial charge is 0.240 e. The number of hydrogen-bond donors (Lipinski definition) is 2. The molecular weight excluding hydrogens is 252 g/mol. The van der Waals surface area contributed by atoms with Gasteiger partial charge in [0.1, 0.15) is 0 Å². The molecule has 0 spiro atoms. The predicted molar refractivity (Wildman–Crippen MR) is 79.4 cm³/mol. The van der Waals surface area contributed by atoms with Crippen LogP contribution in [0.3, 0.4) is 0 Å². The average molecular weight is 276 g/mol. The zero-order chi connectivity index (χ0) is 14.3. The molecule has 4 heteroatoms. The number of hydrogen-bond acceptors (Lipinski definition) is 3. The minimum atomic E-state index is -0.405. The lowest BCUT2D eigenvalue weighted by atomic mass is 9.90. The summed E-state index contributed by atoms with van der Waals surface area (Å²) in [6, 6.07) is 10.0. The third-order valence-electron chi connectivity index (χ3n) is 3.76. The quantitative estimate of drug-likeness (QED) is 0.780. The van der Waals surface area contributed by atoms with Crippen LogP contribution >= 0.6 is 0 Å². The van der Waals surface area contributed by atoms with Crippen LogP contribution in [0.25, 0.3) is 0 Å². The van der Waals surface area contributed by atoms with Crippen molar-refractivity contribution in [3.8, 4) is 0 Å². The number of amides is 1. The maximum Gasteiger partial charge on any atom is 0.240 e. The van der Waals surface area contributed by atoms with Crippen molar-refractivity contribution in [1.29, 1.82) is 0 Å². The third kappa shape index (κ3) is 4.32. The fourth-order valence-electron chi connectivity index (χ4n) is 2.45. The Bertz CT molecular complexity index is 414. The van der Waals surface area contributed by atoms with Crippen molar-refractivity contribution >= 4 is 5.91 Å². The standard InChI is InChI=1S/C16H24N2O2/c1-16(9-5-6-10-18-16)15(19)17-11-12-20-13-14-7-3-2-4-8-14/h2-4,7-8,18H,5-6,9-13H2,1H3,(H,17,19)/t16-/m0/s1. The summed E-state index contributed by atoms with van der Waals surface area (Å²) in [4.78, 5) is 12.1. The molecule has 1 saturated heterocycles. The average Bonchev–Trinajstić information content (AvgIpc) is 2.48. The van der Waals surface area contributed by atoms with Crippen molar-refractivity contribution < 1.29 is 9.53 Å². The molecule has 0 aromatic heterocycles. The Balaban J connectivity index is 1.62. The summed E-state index contributed by atoms with van der Waals surface area (Å²) in [7, 11) is 0. The van der Waals surface area contributed by atoms with E-state index in [0.717, 1.165) is 31.4 Å². The van der Waals surface area contributed by atoms with E-state index in [1.807, 2.05) is 37.3 Å². The summed E-state index contributed by atoms with van der Waals surface area (Å²) in [6.45, 7) is 4.59. The molecule has 20 heavy (non-hydrogen) atoms. The Morgan fingerprint density at radius 2 is 2.15 bits per heavy atom. The minimum Gasteiger partial charge on any atom is -0.375 e. The molecule has 1 aromatic rings. The van der Waals surface area contributed by atoms with Crippen molar-refractivity contribution in [2.24, 2.45) is 0 Å². The Morgan fingerprint density at radius 1 is 1.35 bits per heavy atom. The molecule has 110 valence electrons. The zero-order valence-electron chi connectivity index (χ0n) is 12.2. The van der Waals surface area contributed by atoms with Crippen LogP contribution < -0.4 is 10.6 Å². The van der Waals surface area contributed by atoms with Crippen LogP contribution in [0, 0.1) is 0 Å². The number of ether oxygens (including phenoxy) is 1. The first-order valence-electron chi connectivity index (χ1n) is 7.36. The van der Waals surface area contributed by atoms with Crippen molar-refractivity contribution in [1.82, 2.24) is 10.6 Å². The molecule has 0 saturated carbocycles. The van der Waals surface area contributed by atoms with E-state index in [1.165, 1.54) is 0 Å². The van der Waals surface area contributed by atoms with Crippen molar-refractivity contribution in [2.75, 3.05) is 19.7 Å². The van der Waals surface area contributed by atoms with Crippen LogP contribution in [0.5, 0.6) is 0 Å². The molecule has 0 unspecified atom stereocenters. The molecule has 2 rings (SSSR count). The van der Waals surface area contributed by atoms with Gasteiger partial charge in [-0.05, 0) is 38.3 Å². The van der Waals surface area contributed by atoms with Crippen LogP contribution in [0.2, 0.25) is 0 Å². The SMILES string of the molecule is C[C@@]1(C(=O)NCCOCc2ccccc2)CCCCN1. The lowest BCUT2D eigenvalue weighted by Gasteiger charge is -2.33. The fourth-order valence-corrected chi connectivity index (χ4v) is 2.45. The first-order valence-corrected chi connectivity index (χ1v) is 7.36. The topological polar surface area (TPSA) is 50.4 Å². The van der Waals surface area contributed by atoms with E-state index >= 15 is 0 Å². The van der Waals surface area contributed by atoms with Gasteiger partial charge >= 0.3 is 0 Å². The second kappa shape index (κ2) is 7.41. The molecule has 1 atom stereocenters. The highest BCUT2D eigenvalue weighted by atomic mass is 16.5. The van der Waals surface area contributed by atoms with E-state index in [2.05, 4.69) is 10.6 Å². The summed E-state index contributed by atoms with van der Waals surface area (Å²) >= 11 is 0. The Hall–Kier alpha value is -1.39. The predicted octanol–water partition coefficient (Wildman–Crippen LogP) is 1.85. The third-order valence-corrected chi connectivity index (χ3v) is 3.76. The molecule has 1 amide bonds. The normalized spacial score (nSPS) is 22.4. The fraction of sp³-hybridized carbons (Fsp3) is 0.562. The molecule has 1 aromatic carbocycles. The maximum atomic E-state index is 12.1. The van der Waals surface area contributed by atoms with Crippen LogP contribution in [-0.4, -0.2) is 31.1 Å². The first-order chi connectivity index (χ1) is 9.71. The van der Waals surface area contributed by atoms with Gasteiger partial charge in [0.2, 0.25) is 5.91 Å². The molecule has 0 radical (unpaired) electrons. The van der Waals surface area contributed by atoms with Crippen molar-refractivity contribution in [3.05, 3.63) is 35.9 Å². The molecule has 1 aliphatic rings. The van der Waals surface area contributed by atoms with Crippen molar-refractivity contribution in [3.63, 3.8) is 0 Å². The Kier molecular flexibility index (Phi) is 5.56. The van der Waals surface area contributed by atoms with E-state index < -0.39 is 5.54 Å². The number of rotatable bonds is 6. The summed E-state index contributed by atoms with van der Waals surface area (Å²) in [6.07, 6.45) is 3.17. The number of piperidine rings is 1. The second-order valence-corrected chi connectivity index (χ2v) is 5.51. The summed E-state index contributed by atoms with van der Waals surface area (Å²) < 4.78 is 5.56. The Labute approximate surface area is 120 Å². The van der Waals surface area contributed by atoms with Gasteiger partial charge in [0.05, 0.1) is 18.8 Å².